The average Bonchev–Trinajstić information content (AvgIpc) is 3.56. The van der Waals surface area contributed by atoms with Crippen LogP contribution < -0.4 is 16.1 Å². The van der Waals surface area contributed by atoms with Crippen LogP contribution in [0.15, 0.2) is 36.5 Å². The van der Waals surface area contributed by atoms with Gasteiger partial charge in [-0.2, -0.15) is 5.10 Å². The van der Waals surface area contributed by atoms with Gasteiger partial charge in [0.2, 0.25) is 5.91 Å². The minimum atomic E-state index is -2.47. The molecule has 0 saturated heterocycles. The van der Waals surface area contributed by atoms with Crippen molar-refractivity contribution in [2.75, 3.05) is 24.0 Å². The highest BCUT2D eigenvalue weighted by Crippen LogP contribution is 2.37. The molecule has 1 aliphatic carbocycles. The predicted molar refractivity (Wildman–Crippen MR) is 136 cm³/mol. The van der Waals surface area contributed by atoms with Crippen LogP contribution in [0.2, 0.25) is 0 Å². The molecular weight excluding hydrogens is 449 g/mol. The maximum atomic E-state index is 12.6. The monoisotopic (exact) mass is 479 g/mol. The molecule has 0 radical (unpaired) electrons. The molecule has 4 rings (SSSR count). The van der Waals surface area contributed by atoms with E-state index in [9.17, 15) is 14.2 Å². The van der Waals surface area contributed by atoms with Crippen LogP contribution >= 0.6 is 7.14 Å². The zero-order chi connectivity index (χ0) is 24.6. The van der Waals surface area contributed by atoms with Crippen LogP contribution in [-0.4, -0.2) is 39.8 Å². The standard InChI is InChI=1S/C25H30N5O3P/c1-6-22(31)18-14-26-23(28-25(32)16-10-11-16)12-20(18)27-19-9-7-8-17(15(19)2)21-13-24(30(3)29-21)34(4,5)33/h7-9,12-14,16H,6,10-11H2,1-5H3,(H2,26,27,28,32). The molecule has 0 bridgehead atoms. The number of amides is 1. The van der Waals surface area contributed by atoms with E-state index in [0.717, 1.165) is 35.3 Å². The number of rotatable bonds is 8. The Morgan fingerprint density at radius 3 is 2.53 bits per heavy atom. The van der Waals surface area contributed by atoms with E-state index >= 15 is 0 Å². The van der Waals surface area contributed by atoms with Crippen molar-refractivity contribution in [3.8, 4) is 11.3 Å². The Labute approximate surface area is 199 Å². The van der Waals surface area contributed by atoms with E-state index in [1.54, 1.807) is 38.0 Å². The first-order chi connectivity index (χ1) is 16.1. The molecule has 34 heavy (non-hydrogen) atoms. The van der Waals surface area contributed by atoms with E-state index in [1.165, 1.54) is 6.20 Å². The van der Waals surface area contributed by atoms with Crippen molar-refractivity contribution in [3.63, 3.8) is 0 Å². The van der Waals surface area contributed by atoms with Crippen LogP contribution in [-0.2, 0) is 16.4 Å². The molecule has 9 heteroatoms. The van der Waals surface area contributed by atoms with Crippen LogP contribution in [0.1, 0.15) is 42.1 Å². The number of carbonyl (C=O) groups excluding carboxylic acids is 2. The number of hydrogen-bond acceptors (Lipinski definition) is 6. The fraction of sp³-hybridized carbons (Fsp3) is 0.360. The van der Waals surface area contributed by atoms with Crippen LogP contribution in [0.4, 0.5) is 17.2 Å². The van der Waals surface area contributed by atoms with Gasteiger partial charge >= 0.3 is 0 Å². The smallest absolute Gasteiger partial charge is 0.228 e. The van der Waals surface area contributed by atoms with Crippen molar-refractivity contribution in [3.05, 3.63) is 47.7 Å². The third kappa shape index (κ3) is 4.97. The highest BCUT2D eigenvalue weighted by molar-refractivity contribution is 7.69. The number of ketones is 1. The van der Waals surface area contributed by atoms with E-state index in [1.807, 2.05) is 31.2 Å². The molecule has 2 N–H and O–H groups in total. The van der Waals surface area contributed by atoms with Crippen molar-refractivity contribution >= 4 is 41.5 Å². The number of nitrogens with zero attached hydrogens (tertiary/aromatic N) is 3. The van der Waals surface area contributed by atoms with Crippen molar-refractivity contribution in [2.24, 2.45) is 13.0 Å². The molecule has 1 aliphatic rings. The number of carbonyl (C=O) groups is 2. The third-order valence-electron chi connectivity index (χ3n) is 6.01. The van der Waals surface area contributed by atoms with Crippen LogP contribution in [0, 0.1) is 12.8 Å². The number of Topliss-reactive ketones (excluding diaryl/α,β-unsaturated/α-hetero) is 1. The van der Waals surface area contributed by atoms with Gasteiger partial charge in [-0.3, -0.25) is 14.3 Å². The normalized spacial score (nSPS) is 13.6. The van der Waals surface area contributed by atoms with Crippen molar-refractivity contribution in [2.45, 2.75) is 33.1 Å². The second kappa shape index (κ2) is 9.18. The molecule has 1 amide bonds. The summed E-state index contributed by atoms with van der Waals surface area (Å²) in [6.07, 6.45) is 3.65. The van der Waals surface area contributed by atoms with Crippen LogP contribution in [0.25, 0.3) is 11.3 Å². The molecular formula is C25H30N5O3P. The summed E-state index contributed by atoms with van der Waals surface area (Å²) in [6.45, 7) is 7.24. The summed E-state index contributed by atoms with van der Waals surface area (Å²) >= 11 is 0. The Morgan fingerprint density at radius 2 is 1.91 bits per heavy atom. The van der Waals surface area contributed by atoms with Gasteiger partial charge in [0, 0.05) is 42.9 Å². The molecule has 1 aromatic carbocycles. The van der Waals surface area contributed by atoms with Crippen molar-refractivity contribution < 1.29 is 14.2 Å². The lowest BCUT2D eigenvalue weighted by Crippen LogP contribution is -2.15. The zero-order valence-corrected chi connectivity index (χ0v) is 21.1. The van der Waals surface area contributed by atoms with Gasteiger partial charge < -0.3 is 15.2 Å². The third-order valence-corrected chi connectivity index (χ3v) is 7.53. The largest absolute Gasteiger partial charge is 0.355 e. The summed E-state index contributed by atoms with van der Waals surface area (Å²) in [6, 6.07) is 9.38. The van der Waals surface area contributed by atoms with Gasteiger partial charge in [-0.05, 0) is 50.8 Å². The van der Waals surface area contributed by atoms with Gasteiger partial charge in [0.15, 0.2) is 5.78 Å². The summed E-state index contributed by atoms with van der Waals surface area (Å²) < 4.78 is 14.3. The fourth-order valence-corrected chi connectivity index (χ4v) is 5.08. The van der Waals surface area contributed by atoms with E-state index in [4.69, 9.17) is 0 Å². The molecule has 8 nitrogen and oxygen atoms in total. The first-order valence-electron chi connectivity index (χ1n) is 11.4. The minimum absolute atomic E-state index is 0.0405. The Hall–Kier alpha value is -3.25. The van der Waals surface area contributed by atoms with Gasteiger partial charge in [0.05, 0.1) is 22.4 Å². The summed E-state index contributed by atoms with van der Waals surface area (Å²) in [7, 11) is -0.674. The lowest BCUT2D eigenvalue weighted by Gasteiger charge is -2.16. The van der Waals surface area contributed by atoms with E-state index in [-0.39, 0.29) is 17.6 Å². The summed E-state index contributed by atoms with van der Waals surface area (Å²) in [5, 5.41) is 10.8. The number of aryl methyl sites for hydroxylation is 1. The maximum Gasteiger partial charge on any atom is 0.228 e. The molecule has 2 heterocycles. The Balaban J connectivity index is 1.70. The number of benzene rings is 1. The van der Waals surface area contributed by atoms with Gasteiger partial charge in [-0.25, -0.2) is 4.98 Å². The van der Waals surface area contributed by atoms with Crippen LogP contribution in [0.3, 0.4) is 0 Å². The fourth-order valence-electron chi connectivity index (χ4n) is 3.90. The first kappa shape index (κ1) is 23.9. The van der Waals surface area contributed by atoms with Gasteiger partial charge in [0.25, 0.3) is 0 Å². The molecule has 0 spiro atoms. The Bertz CT molecular complexity index is 1320. The predicted octanol–water partition coefficient (Wildman–Crippen LogP) is 4.72. The average molecular weight is 480 g/mol. The summed E-state index contributed by atoms with van der Waals surface area (Å²) in [5.41, 5.74) is 5.14. The lowest BCUT2D eigenvalue weighted by atomic mass is 10.0. The van der Waals surface area contributed by atoms with Gasteiger partial charge in [0.1, 0.15) is 13.0 Å². The maximum absolute atomic E-state index is 12.6. The molecule has 0 atom stereocenters. The first-order valence-corrected chi connectivity index (χ1v) is 14.0. The van der Waals surface area contributed by atoms with E-state index in [0.29, 0.717) is 28.9 Å². The van der Waals surface area contributed by atoms with E-state index in [2.05, 4.69) is 20.7 Å². The molecule has 0 unspecified atom stereocenters. The number of nitrogens with one attached hydrogen (secondary N) is 2. The highest BCUT2D eigenvalue weighted by atomic mass is 31.2. The molecule has 1 saturated carbocycles. The van der Waals surface area contributed by atoms with Gasteiger partial charge in [-0.1, -0.05) is 19.1 Å². The molecule has 178 valence electrons. The quantitative estimate of drug-likeness (QED) is 0.358. The van der Waals surface area contributed by atoms with Crippen LogP contribution in [0.5, 0.6) is 0 Å². The lowest BCUT2D eigenvalue weighted by molar-refractivity contribution is -0.117. The second-order valence-electron chi connectivity index (χ2n) is 9.12. The molecule has 2 aromatic heterocycles. The molecule has 1 fully saturated rings. The van der Waals surface area contributed by atoms with E-state index < -0.39 is 7.14 Å². The summed E-state index contributed by atoms with van der Waals surface area (Å²) in [5.74, 6) is 0.386. The number of anilines is 3. The minimum Gasteiger partial charge on any atom is -0.355 e. The number of aromatic nitrogens is 3. The molecule has 3 aromatic rings. The van der Waals surface area contributed by atoms with Gasteiger partial charge in [-0.15, -0.1) is 0 Å². The van der Waals surface area contributed by atoms with Crippen molar-refractivity contribution in [1.29, 1.82) is 0 Å². The SMILES string of the molecule is CCC(=O)c1cnc(NC(=O)C2CC2)cc1Nc1cccc(-c2cc(P(C)(C)=O)n(C)n2)c1C. The number of hydrogen-bond donors (Lipinski definition) is 2. The Kier molecular flexibility index (Phi) is 6.45. The number of pyridine rings is 1. The topological polar surface area (TPSA) is 106 Å². The Morgan fingerprint density at radius 1 is 1.18 bits per heavy atom. The highest BCUT2D eigenvalue weighted by Gasteiger charge is 2.30. The summed E-state index contributed by atoms with van der Waals surface area (Å²) in [4.78, 5) is 29.1. The van der Waals surface area contributed by atoms with Crippen molar-refractivity contribution in [1.82, 2.24) is 14.8 Å². The zero-order valence-electron chi connectivity index (χ0n) is 20.2. The second-order valence-corrected chi connectivity index (χ2v) is 12.3. The molecule has 0 aliphatic heterocycles.